The van der Waals surface area contributed by atoms with Crippen molar-refractivity contribution in [2.24, 2.45) is 11.8 Å². The predicted octanol–water partition coefficient (Wildman–Crippen LogP) is 4.68. The summed E-state index contributed by atoms with van der Waals surface area (Å²) in [7, 11) is 0. The summed E-state index contributed by atoms with van der Waals surface area (Å²) in [6, 6.07) is 0. The fourth-order valence-electron chi connectivity index (χ4n) is 3.02. The number of unbranched alkanes of at least 4 members (excludes halogenated alkanes) is 6. The smallest absolute Gasteiger partial charge is 0.314 e. The van der Waals surface area contributed by atoms with Crippen LogP contribution in [0.1, 0.15) is 77.6 Å². The number of carbonyl (C=O) groups excluding carboxylic acids is 1. The van der Waals surface area contributed by atoms with E-state index < -0.39 is 17.8 Å². The van der Waals surface area contributed by atoms with Crippen molar-refractivity contribution in [3.05, 3.63) is 12.3 Å². The number of rotatable bonds is 10. The van der Waals surface area contributed by atoms with Crippen LogP contribution in [0.15, 0.2) is 12.3 Å². The van der Waals surface area contributed by atoms with Gasteiger partial charge < -0.3 is 9.84 Å². The molecular formula is C18H30O4. The fraction of sp³-hybridized carbons (Fsp3) is 0.778. The summed E-state index contributed by atoms with van der Waals surface area (Å²) in [4.78, 5) is 23.1. The molecule has 0 saturated heterocycles. The van der Waals surface area contributed by atoms with E-state index in [1.807, 2.05) is 6.08 Å². The second-order valence-electron chi connectivity index (χ2n) is 6.20. The van der Waals surface area contributed by atoms with E-state index in [0.29, 0.717) is 12.8 Å². The third-order valence-electron chi connectivity index (χ3n) is 4.39. The third kappa shape index (κ3) is 7.10. The lowest BCUT2D eigenvalue weighted by molar-refractivity contribution is -0.156. The molecule has 1 N–H and O–H groups in total. The summed E-state index contributed by atoms with van der Waals surface area (Å²) in [6.07, 6.45) is 14.7. The highest BCUT2D eigenvalue weighted by Gasteiger charge is 2.36. The average molecular weight is 310 g/mol. The summed E-state index contributed by atoms with van der Waals surface area (Å²) in [5, 5.41) is 9.16. The Labute approximate surface area is 133 Å². The number of aliphatic carboxylic acids is 1. The van der Waals surface area contributed by atoms with E-state index in [2.05, 4.69) is 6.92 Å². The van der Waals surface area contributed by atoms with Crippen LogP contribution in [0.3, 0.4) is 0 Å². The Morgan fingerprint density at radius 1 is 1.05 bits per heavy atom. The molecular weight excluding hydrogens is 280 g/mol. The molecule has 1 rings (SSSR count). The summed E-state index contributed by atoms with van der Waals surface area (Å²) in [6.45, 7) is 2.21. The first-order valence-corrected chi connectivity index (χ1v) is 8.75. The molecule has 1 fully saturated rings. The molecule has 0 aromatic rings. The monoisotopic (exact) mass is 310 g/mol. The van der Waals surface area contributed by atoms with Crippen molar-refractivity contribution in [2.75, 3.05) is 0 Å². The molecule has 0 amide bonds. The number of carboxylic acid groups (broad SMARTS) is 1. The van der Waals surface area contributed by atoms with Crippen molar-refractivity contribution in [1.29, 1.82) is 0 Å². The van der Waals surface area contributed by atoms with Crippen LogP contribution in [0.5, 0.6) is 0 Å². The van der Waals surface area contributed by atoms with Crippen LogP contribution in [0.4, 0.5) is 0 Å². The molecule has 126 valence electrons. The van der Waals surface area contributed by atoms with Crippen LogP contribution in [0.2, 0.25) is 0 Å². The van der Waals surface area contributed by atoms with Crippen molar-refractivity contribution >= 4 is 11.9 Å². The first-order valence-electron chi connectivity index (χ1n) is 8.75. The first kappa shape index (κ1) is 18.7. The van der Waals surface area contributed by atoms with E-state index in [9.17, 15) is 9.59 Å². The highest BCUT2D eigenvalue weighted by atomic mass is 16.5. The summed E-state index contributed by atoms with van der Waals surface area (Å²) in [5.41, 5.74) is 0. The van der Waals surface area contributed by atoms with Gasteiger partial charge >= 0.3 is 11.9 Å². The van der Waals surface area contributed by atoms with Crippen molar-refractivity contribution in [3.8, 4) is 0 Å². The van der Waals surface area contributed by atoms with Crippen LogP contribution >= 0.6 is 0 Å². The van der Waals surface area contributed by atoms with E-state index in [-0.39, 0.29) is 5.97 Å². The van der Waals surface area contributed by atoms with Gasteiger partial charge in [0.2, 0.25) is 0 Å². The molecule has 0 aromatic heterocycles. The topological polar surface area (TPSA) is 63.6 Å². The number of ether oxygens (including phenoxy) is 1. The molecule has 22 heavy (non-hydrogen) atoms. The Balaban J connectivity index is 2.18. The van der Waals surface area contributed by atoms with Crippen molar-refractivity contribution in [1.82, 2.24) is 0 Å². The number of carbonyl (C=O) groups is 2. The average Bonchev–Trinajstić information content (AvgIpc) is 2.53. The Morgan fingerprint density at radius 3 is 2.36 bits per heavy atom. The lowest BCUT2D eigenvalue weighted by Gasteiger charge is -2.25. The van der Waals surface area contributed by atoms with Gasteiger partial charge in [-0.15, -0.1) is 0 Å². The molecule has 0 spiro atoms. The van der Waals surface area contributed by atoms with Gasteiger partial charge in [0.15, 0.2) is 0 Å². The van der Waals surface area contributed by atoms with E-state index >= 15 is 0 Å². The van der Waals surface area contributed by atoms with Crippen LogP contribution in [0, 0.1) is 11.8 Å². The van der Waals surface area contributed by atoms with Gasteiger partial charge in [0.25, 0.3) is 0 Å². The molecule has 2 atom stereocenters. The Hall–Kier alpha value is -1.32. The molecule has 1 saturated carbocycles. The molecule has 0 bridgehead atoms. The maximum absolute atomic E-state index is 12.0. The van der Waals surface area contributed by atoms with Gasteiger partial charge in [-0.25, -0.2) is 0 Å². The van der Waals surface area contributed by atoms with Gasteiger partial charge in [0, 0.05) is 0 Å². The zero-order chi connectivity index (χ0) is 16.2. The van der Waals surface area contributed by atoms with Gasteiger partial charge in [-0.3, -0.25) is 9.59 Å². The zero-order valence-corrected chi connectivity index (χ0v) is 13.8. The van der Waals surface area contributed by atoms with E-state index in [0.717, 1.165) is 25.7 Å². The second kappa shape index (κ2) is 11.3. The minimum atomic E-state index is -0.877. The fourth-order valence-corrected chi connectivity index (χ4v) is 3.02. The number of esters is 1. The summed E-state index contributed by atoms with van der Waals surface area (Å²) >= 11 is 0. The first-order chi connectivity index (χ1) is 10.7. The van der Waals surface area contributed by atoms with Gasteiger partial charge in [-0.1, -0.05) is 51.9 Å². The van der Waals surface area contributed by atoms with Crippen molar-refractivity contribution in [2.45, 2.75) is 77.6 Å². The van der Waals surface area contributed by atoms with Crippen LogP contribution < -0.4 is 0 Å². The molecule has 1 aliphatic carbocycles. The molecule has 1 aliphatic rings. The predicted molar refractivity (Wildman–Crippen MR) is 86.3 cm³/mol. The van der Waals surface area contributed by atoms with Gasteiger partial charge in [-0.05, 0) is 31.8 Å². The number of hydrogen-bond acceptors (Lipinski definition) is 3. The Bertz CT molecular complexity index is 362. The highest BCUT2D eigenvalue weighted by Crippen LogP contribution is 2.31. The molecule has 0 radical (unpaired) electrons. The van der Waals surface area contributed by atoms with Crippen LogP contribution in [-0.4, -0.2) is 17.0 Å². The minimum Gasteiger partial charge on any atom is -0.481 e. The number of carboxylic acids is 1. The van der Waals surface area contributed by atoms with Crippen LogP contribution in [-0.2, 0) is 14.3 Å². The van der Waals surface area contributed by atoms with Crippen molar-refractivity contribution in [3.63, 3.8) is 0 Å². The summed E-state index contributed by atoms with van der Waals surface area (Å²) < 4.78 is 5.12. The number of hydrogen-bond donors (Lipinski definition) is 1. The lowest BCUT2D eigenvalue weighted by atomic mass is 9.79. The van der Waals surface area contributed by atoms with Crippen molar-refractivity contribution < 1.29 is 19.4 Å². The highest BCUT2D eigenvalue weighted by molar-refractivity contribution is 5.81. The van der Waals surface area contributed by atoms with Gasteiger partial charge in [0.1, 0.15) is 0 Å². The van der Waals surface area contributed by atoms with E-state index in [1.54, 1.807) is 0 Å². The third-order valence-corrected chi connectivity index (χ3v) is 4.39. The molecule has 0 heterocycles. The normalized spacial score (nSPS) is 21.9. The molecule has 4 nitrogen and oxygen atoms in total. The number of allylic oxidation sites excluding steroid dienone is 1. The quantitative estimate of drug-likeness (QED) is 0.361. The second-order valence-corrected chi connectivity index (χ2v) is 6.20. The van der Waals surface area contributed by atoms with Gasteiger partial charge in [0.05, 0.1) is 18.1 Å². The summed E-state index contributed by atoms with van der Waals surface area (Å²) in [5.74, 6) is -2.32. The minimum absolute atomic E-state index is 0.383. The Morgan fingerprint density at radius 2 is 1.68 bits per heavy atom. The molecule has 0 aliphatic heterocycles. The standard InChI is InChI=1S/C18H30O4/c1-2-3-4-5-6-7-8-11-14-22-18(21)16-13-10-9-12-15(16)17(19)20/h11,14-16H,2-10,12-13H2,1H3,(H,19,20)/b14-11+. The van der Waals surface area contributed by atoms with Gasteiger partial charge in [-0.2, -0.15) is 0 Å². The zero-order valence-electron chi connectivity index (χ0n) is 13.8. The lowest BCUT2D eigenvalue weighted by Crippen LogP contribution is -2.33. The van der Waals surface area contributed by atoms with Crippen LogP contribution in [0.25, 0.3) is 0 Å². The SMILES string of the molecule is CCCCCCCC/C=C/OC(=O)C1CCCCC1C(=O)O. The molecule has 0 aromatic carbocycles. The molecule has 2 unspecified atom stereocenters. The maximum atomic E-state index is 12.0. The van der Waals surface area contributed by atoms with E-state index in [1.165, 1.54) is 38.4 Å². The molecule has 4 heteroatoms. The van der Waals surface area contributed by atoms with E-state index in [4.69, 9.17) is 9.84 Å². The largest absolute Gasteiger partial charge is 0.481 e. The maximum Gasteiger partial charge on any atom is 0.314 e. The Kier molecular flexibility index (Phi) is 9.60.